The van der Waals surface area contributed by atoms with Crippen LogP contribution in [-0.4, -0.2) is 24.5 Å². The first kappa shape index (κ1) is 11.7. The third-order valence-electron chi connectivity index (χ3n) is 4.63. The molecule has 0 radical (unpaired) electrons. The molecule has 2 fully saturated rings. The summed E-state index contributed by atoms with van der Waals surface area (Å²) < 4.78 is 0. The van der Waals surface area contributed by atoms with Crippen LogP contribution in [0.15, 0.2) is 30.3 Å². The number of hydrogen-bond donors (Lipinski definition) is 2. The molecule has 3 atom stereocenters. The van der Waals surface area contributed by atoms with Gasteiger partial charge < -0.3 is 10.6 Å². The number of rotatable bonds is 2. The second-order valence-electron chi connectivity index (χ2n) is 5.80. The smallest absolute Gasteiger partial charge is 0.251 e. The van der Waals surface area contributed by atoms with Crippen LogP contribution in [0.1, 0.15) is 30.1 Å². The van der Waals surface area contributed by atoms with Crippen LogP contribution in [0.25, 0.3) is 0 Å². The molecule has 3 heteroatoms. The minimum atomic E-state index is -0.0406. The van der Waals surface area contributed by atoms with Crippen LogP contribution in [0.4, 0.5) is 0 Å². The van der Waals surface area contributed by atoms with Crippen molar-refractivity contribution in [2.75, 3.05) is 13.1 Å². The van der Waals surface area contributed by atoms with E-state index in [2.05, 4.69) is 17.6 Å². The van der Waals surface area contributed by atoms with Crippen LogP contribution in [0.3, 0.4) is 0 Å². The zero-order valence-electron chi connectivity index (χ0n) is 10.8. The van der Waals surface area contributed by atoms with Gasteiger partial charge in [-0.15, -0.1) is 0 Å². The van der Waals surface area contributed by atoms with Crippen molar-refractivity contribution in [1.82, 2.24) is 10.6 Å². The highest BCUT2D eigenvalue weighted by atomic mass is 16.1. The van der Waals surface area contributed by atoms with Gasteiger partial charge in [0, 0.05) is 17.6 Å². The normalized spacial score (nSPS) is 34.3. The quantitative estimate of drug-likeness (QED) is 0.833. The second-order valence-corrected chi connectivity index (χ2v) is 5.80. The van der Waals surface area contributed by atoms with E-state index in [0.717, 1.165) is 31.0 Å². The molecule has 96 valence electrons. The van der Waals surface area contributed by atoms with Gasteiger partial charge in [0.2, 0.25) is 0 Å². The zero-order valence-corrected chi connectivity index (χ0v) is 10.8. The molecule has 1 heterocycles. The molecule has 18 heavy (non-hydrogen) atoms. The Morgan fingerprint density at radius 1 is 1.33 bits per heavy atom. The van der Waals surface area contributed by atoms with E-state index in [0.29, 0.717) is 5.92 Å². The number of benzene rings is 1. The van der Waals surface area contributed by atoms with Gasteiger partial charge in [0.1, 0.15) is 0 Å². The van der Waals surface area contributed by atoms with Gasteiger partial charge in [-0.3, -0.25) is 4.79 Å². The van der Waals surface area contributed by atoms with Crippen LogP contribution in [0.5, 0.6) is 0 Å². The number of carbonyl (C=O) groups is 1. The molecule has 0 aromatic heterocycles. The summed E-state index contributed by atoms with van der Waals surface area (Å²) in [5, 5.41) is 6.71. The van der Waals surface area contributed by atoms with E-state index in [1.54, 1.807) is 0 Å². The van der Waals surface area contributed by atoms with Crippen LogP contribution in [0, 0.1) is 11.8 Å². The van der Waals surface area contributed by atoms with Gasteiger partial charge in [0.05, 0.1) is 0 Å². The maximum atomic E-state index is 12.3. The van der Waals surface area contributed by atoms with Crippen molar-refractivity contribution in [3.63, 3.8) is 0 Å². The number of hydrogen-bond acceptors (Lipinski definition) is 2. The van der Waals surface area contributed by atoms with Gasteiger partial charge >= 0.3 is 0 Å². The average molecular weight is 244 g/mol. The van der Waals surface area contributed by atoms with E-state index >= 15 is 0 Å². The SMILES string of the molecule is C[C@@]1(NC(=O)c2ccccc2)CC[C@@H]2CNC[C@@H]21. The summed E-state index contributed by atoms with van der Waals surface area (Å²) in [5.41, 5.74) is 0.717. The number of nitrogens with one attached hydrogen (secondary N) is 2. The van der Waals surface area contributed by atoms with E-state index in [-0.39, 0.29) is 11.4 Å². The molecular formula is C15H20N2O. The molecule has 2 N–H and O–H groups in total. The zero-order chi connectivity index (χ0) is 12.6. The van der Waals surface area contributed by atoms with Gasteiger partial charge in [-0.2, -0.15) is 0 Å². The minimum absolute atomic E-state index is 0.0406. The number of amides is 1. The summed E-state index contributed by atoms with van der Waals surface area (Å²) in [6.07, 6.45) is 2.33. The van der Waals surface area contributed by atoms with Crippen molar-refractivity contribution in [3.8, 4) is 0 Å². The van der Waals surface area contributed by atoms with Crippen molar-refractivity contribution in [1.29, 1.82) is 0 Å². The Balaban J connectivity index is 1.74. The monoisotopic (exact) mass is 244 g/mol. The molecule has 1 aliphatic heterocycles. The van der Waals surface area contributed by atoms with Crippen molar-refractivity contribution < 1.29 is 4.79 Å². The third-order valence-corrected chi connectivity index (χ3v) is 4.63. The Bertz CT molecular complexity index is 445. The molecule has 1 aliphatic carbocycles. The Morgan fingerprint density at radius 2 is 2.11 bits per heavy atom. The first-order valence-electron chi connectivity index (χ1n) is 6.77. The minimum Gasteiger partial charge on any atom is -0.347 e. The van der Waals surface area contributed by atoms with Gasteiger partial charge in [0.15, 0.2) is 0 Å². The lowest BCUT2D eigenvalue weighted by molar-refractivity contribution is 0.0883. The summed E-state index contributed by atoms with van der Waals surface area (Å²) in [4.78, 5) is 12.3. The molecule has 1 aromatic carbocycles. The van der Waals surface area contributed by atoms with Crippen molar-refractivity contribution in [3.05, 3.63) is 35.9 Å². The molecule has 1 amide bonds. The maximum absolute atomic E-state index is 12.3. The highest BCUT2D eigenvalue weighted by molar-refractivity contribution is 5.94. The van der Waals surface area contributed by atoms with E-state index in [9.17, 15) is 4.79 Å². The molecule has 1 saturated carbocycles. The molecule has 0 bridgehead atoms. The standard InChI is InChI=1S/C15H20N2O/c1-15(8-7-12-9-16-10-13(12)15)17-14(18)11-5-3-2-4-6-11/h2-6,12-13,16H,7-10H2,1H3,(H,17,18)/t12-,13+,15-/m1/s1. The molecule has 0 spiro atoms. The van der Waals surface area contributed by atoms with E-state index in [1.807, 2.05) is 30.3 Å². The van der Waals surface area contributed by atoms with Crippen molar-refractivity contribution in [2.24, 2.45) is 11.8 Å². The van der Waals surface area contributed by atoms with E-state index in [1.165, 1.54) is 6.42 Å². The third kappa shape index (κ3) is 1.93. The Labute approximate surface area is 108 Å². The first-order chi connectivity index (χ1) is 8.69. The molecular weight excluding hydrogens is 224 g/mol. The fraction of sp³-hybridized carbons (Fsp3) is 0.533. The fourth-order valence-electron chi connectivity index (χ4n) is 3.53. The second kappa shape index (κ2) is 4.39. The van der Waals surface area contributed by atoms with Crippen LogP contribution >= 0.6 is 0 Å². The summed E-state index contributed by atoms with van der Waals surface area (Å²) in [5.74, 6) is 1.39. The van der Waals surface area contributed by atoms with E-state index < -0.39 is 0 Å². The summed E-state index contributed by atoms with van der Waals surface area (Å²) in [7, 11) is 0. The van der Waals surface area contributed by atoms with Gasteiger partial charge in [-0.25, -0.2) is 0 Å². The van der Waals surface area contributed by atoms with Crippen LogP contribution in [0.2, 0.25) is 0 Å². The molecule has 2 aliphatic rings. The Kier molecular flexibility index (Phi) is 2.86. The summed E-state index contributed by atoms with van der Waals surface area (Å²) in [6, 6.07) is 9.50. The predicted molar refractivity (Wildman–Crippen MR) is 71.4 cm³/mol. The lowest BCUT2D eigenvalue weighted by atomic mass is 9.86. The summed E-state index contributed by atoms with van der Waals surface area (Å²) in [6.45, 7) is 4.35. The lowest BCUT2D eigenvalue weighted by Crippen LogP contribution is -2.50. The Hall–Kier alpha value is -1.35. The topological polar surface area (TPSA) is 41.1 Å². The van der Waals surface area contributed by atoms with Gasteiger partial charge in [-0.05, 0) is 50.3 Å². The molecule has 1 saturated heterocycles. The van der Waals surface area contributed by atoms with Gasteiger partial charge in [-0.1, -0.05) is 18.2 Å². The van der Waals surface area contributed by atoms with Crippen molar-refractivity contribution >= 4 is 5.91 Å². The largest absolute Gasteiger partial charge is 0.347 e. The first-order valence-corrected chi connectivity index (χ1v) is 6.77. The lowest BCUT2D eigenvalue weighted by Gasteiger charge is -2.32. The maximum Gasteiger partial charge on any atom is 0.251 e. The highest BCUT2D eigenvalue weighted by Gasteiger charge is 2.48. The molecule has 3 nitrogen and oxygen atoms in total. The van der Waals surface area contributed by atoms with Crippen molar-refractivity contribution in [2.45, 2.75) is 25.3 Å². The number of carbonyl (C=O) groups excluding carboxylic acids is 1. The summed E-state index contributed by atoms with van der Waals surface area (Å²) >= 11 is 0. The molecule has 0 unspecified atom stereocenters. The fourth-order valence-corrected chi connectivity index (χ4v) is 3.53. The van der Waals surface area contributed by atoms with Crippen LogP contribution in [-0.2, 0) is 0 Å². The van der Waals surface area contributed by atoms with Crippen LogP contribution < -0.4 is 10.6 Å². The Morgan fingerprint density at radius 3 is 2.89 bits per heavy atom. The molecule has 1 aromatic rings. The number of fused-ring (bicyclic) bond motifs is 1. The van der Waals surface area contributed by atoms with E-state index in [4.69, 9.17) is 0 Å². The average Bonchev–Trinajstić information content (AvgIpc) is 2.96. The predicted octanol–water partition coefficient (Wildman–Crippen LogP) is 1.80. The highest BCUT2D eigenvalue weighted by Crippen LogP contribution is 2.42. The molecule has 3 rings (SSSR count). The van der Waals surface area contributed by atoms with Gasteiger partial charge in [0.25, 0.3) is 5.91 Å².